The lowest BCUT2D eigenvalue weighted by Crippen LogP contribution is -2.16. The highest BCUT2D eigenvalue weighted by atomic mass is 79.9. The van der Waals surface area contributed by atoms with Gasteiger partial charge in [-0.15, -0.1) is 11.3 Å². The molecule has 2 aromatic rings. The van der Waals surface area contributed by atoms with Crippen LogP contribution in [-0.4, -0.2) is 13.2 Å². The van der Waals surface area contributed by atoms with Crippen LogP contribution in [0.4, 0.5) is 0 Å². The van der Waals surface area contributed by atoms with E-state index in [1.807, 2.05) is 33.0 Å². The molecule has 1 N–H and O–H groups in total. The van der Waals surface area contributed by atoms with Gasteiger partial charge in [0.05, 0.1) is 15.9 Å². The molecule has 0 saturated carbocycles. The molecule has 0 aliphatic heterocycles. The summed E-state index contributed by atoms with van der Waals surface area (Å²) in [5.74, 6) is 0.910. The minimum atomic E-state index is 0.165. The molecule has 0 aliphatic rings. The monoisotopic (exact) mass is 417 g/mol. The Hall–Kier alpha value is -0.360. The van der Waals surface area contributed by atoms with Gasteiger partial charge in [0.1, 0.15) is 5.75 Å². The lowest BCUT2D eigenvalue weighted by Gasteiger charge is -2.17. The normalized spacial score (nSPS) is 12.7. The minimum Gasteiger partial charge on any atom is -0.491 e. The van der Waals surface area contributed by atoms with Crippen molar-refractivity contribution >= 4 is 43.2 Å². The molecule has 108 valence electrons. The number of ether oxygens (including phenoxy) is 1. The van der Waals surface area contributed by atoms with Crippen LogP contribution in [0, 0.1) is 0 Å². The van der Waals surface area contributed by atoms with Gasteiger partial charge in [0, 0.05) is 9.35 Å². The lowest BCUT2D eigenvalue weighted by molar-refractivity contribution is 0.242. The zero-order valence-corrected chi connectivity index (χ0v) is 15.6. The summed E-state index contributed by atoms with van der Waals surface area (Å²) in [5, 5.41) is 3.37. The van der Waals surface area contributed by atoms with Crippen LogP contribution >= 0.6 is 43.2 Å². The van der Waals surface area contributed by atoms with Crippen molar-refractivity contribution in [1.82, 2.24) is 5.32 Å². The molecule has 1 atom stereocenters. The Morgan fingerprint density at radius 2 is 1.95 bits per heavy atom. The molecule has 0 spiro atoms. The molecule has 1 aromatic heterocycles. The number of nitrogens with one attached hydrogen (secondary N) is 1. The van der Waals surface area contributed by atoms with E-state index in [-0.39, 0.29) is 12.1 Å². The Morgan fingerprint density at radius 3 is 2.50 bits per heavy atom. The standard InChI is InChI=1S/C15H17Br2NOS/c1-9(2)19-11-6-4-5-10(7-11)14(18-3)13-8-12(16)15(17)20-13/h4-9,14,18H,1-3H3. The highest BCUT2D eigenvalue weighted by Crippen LogP contribution is 2.38. The number of thiophene rings is 1. The van der Waals surface area contributed by atoms with Gasteiger partial charge in [-0.05, 0) is 76.5 Å². The van der Waals surface area contributed by atoms with Gasteiger partial charge >= 0.3 is 0 Å². The van der Waals surface area contributed by atoms with Crippen LogP contribution in [0.5, 0.6) is 5.75 Å². The third-order valence-electron chi connectivity index (χ3n) is 2.80. The van der Waals surface area contributed by atoms with Crippen molar-refractivity contribution in [2.24, 2.45) is 0 Å². The average molecular weight is 419 g/mol. The van der Waals surface area contributed by atoms with Crippen LogP contribution in [0.15, 0.2) is 38.6 Å². The first-order valence-corrected chi connectivity index (χ1v) is 8.80. The molecule has 5 heteroatoms. The molecule has 0 saturated heterocycles. The van der Waals surface area contributed by atoms with Crippen LogP contribution in [-0.2, 0) is 0 Å². The number of benzene rings is 1. The van der Waals surface area contributed by atoms with Crippen LogP contribution in [0.2, 0.25) is 0 Å². The maximum Gasteiger partial charge on any atom is 0.120 e. The van der Waals surface area contributed by atoms with E-state index in [0.717, 1.165) is 14.0 Å². The molecular formula is C15H17Br2NOS. The van der Waals surface area contributed by atoms with E-state index in [0.29, 0.717) is 0 Å². The second-order valence-electron chi connectivity index (χ2n) is 4.73. The van der Waals surface area contributed by atoms with Crippen molar-refractivity contribution in [3.05, 3.63) is 49.0 Å². The number of halogens is 2. The van der Waals surface area contributed by atoms with Crippen LogP contribution < -0.4 is 10.1 Å². The quantitative estimate of drug-likeness (QED) is 0.704. The summed E-state index contributed by atoms with van der Waals surface area (Å²) < 4.78 is 7.97. The third-order valence-corrected chi connectivity index (χ3v) is 6.12. The third kappa shape index (κ3) is 3.85. The van der Waals surface area contributed by atoms with Crippen molar-refractivity contribution in [3.8, 4) is 5.75 Å². The Balaban J connectivity index is 2.31. The summed E-state index contributed by atoms with van der Waals surface area (Å²) in [7, 11) is 1.97. The van der Waals surface area contributed by atoms with Crippen molar-refractivity contribution in [3.63, 3.8) is 0 Å². The van der Waals surface area contributed by atoms with E-state index in [2.05, 4.69) is 55.4 Å². The molecule has 0 aliphatic carbocycles. The molecule has 1 unspecified atom stereocenters. The fourth-order valence-corrected chi connectivity index (χ4v) is 4.25. The highest BCUT2D eigenvalue weighted by molar-refractivity contribution is 9.13. The molecule has 20 heavy (non-hydrogen) atoms. The van der Waals surface area contributed by atoms with Gasteiger partial charge in [0.25, 0.3) is 0 Å². The summed E-state index contributed by atoms with van der Waals surface area (Å²) >= 11 is 8.82. The van der Waals surface area contributed by atoms with Crippen molar-refractivity contribution < 1.29 is 4.74 Å². The van der Waals surface area contributed by atoms with Crippen LogP contribution in [0.25, 0.3) is 0 Å². The number of rotatable bonds is 5. The van der Waals surface area contributed by atoms with Crippen LogP contribution in [0.1, 0.15) is 30.3 Å². The summed E-state index contributed by atoms with van der Waals surface area (Å²) in [6, 6.07) is 10.6. The minimum absolute atomic E-state index is 0.165. The first-order chi connectivity index (χ1) is 9.51. The largest absolute Gasteiger partial charge is 0.491 e. The topological polar surface area (TPSA) is 21.3 Å². The van der Waals surface area contributed by atoms with Gasteiger partial charge < -0.3 is 10.1 Å². The fourth-order valence-electron chi connectivity index (χ4n) is 2.02. The molecule has 0 amide bonds. The van der Waals surface area contributed by atoms with Gasteiger partial charge in [0.2, 0.25) is 0 Å². The zero-order valence-electron chi connectivity index (χ0n) is 11.6. The summed E-state index contributed by atoms with van der Waals surface area (Å²) in [5.41, 5.74) is 1.20. The molecule has 1 heterocycles. The van der Waals surface area contributed by atoms with Crippen LogP contribution in [0.3, 0.4) is 0 Å². The Bertz CT molecular complexity index is 564. The predicted octanol–water partition coefficient (Wildman–Crippen LogP) is 5.37. The molecule has 0 bridgehead atoms. The van der Waals surface area contributed by atoms with Gasteiger partial charge in [-0.25, -0.2) is 0 Å². The van der Waals surface area contributed by atoms with Crippen molar-refractivity contribution in [2.75, 3.05) is 7.05 Å². The molecular weight excluding hydrogens is 402 g/mol. The first kappa shape index (κ1) is 16.0. The predicted molar refractivity (Wildman–Crippen MR) is 92.8 cm³/mol. The van der Waals surface area contributed by atoms with E-state index in [1.165, 1.54) is 10.4 Å². The zero-order chi connectivity index (χ0) is 14.7. The fraction of sp³-hybridized carbons (Fsp3) is 0.333. The second-order valence-corrected chi connectivity index (χ2v) is 7.99. The van der Waals surface area contributed by atoms with Gasteiger partial charge in [0.15, 0.2) is 0 Å². The van der Waals surface area contributed by atoms with E-state index in [4.69, 9.17) is 4.74 Å². The Morgan fingerprint density at radius 1 is 1.20 bits per heavy atom. The number of hydrogen-bond acceptors (Lipinski definition) is 3. The van der Waals surface area contributed by atoms with Gasteiger partial charge in [-0.1, -0.05) is 12.1 Å². The van der Waals surface area contributed by atoms with Crippen molar-refractivity contribution in [2.45, 2.75) is 26.0 Å². The second kappa shape index (κ2) is 7.07. The molecule has 2 rings (SSSR count). The van der Waals surface area contributed by atoms with Crippen molar-refractivity contribution in [1.29, 1.82) is 0 Å². The Kier molecular flexibility index (Phi) is 5.66. The molecule has 0 radical (unpaired) electrons. The summed E-state index contributed by atoms with van der Waals surface area (Å²) in [6.45, 7) is 4.07. The molecule has 1 aromatic carbocycles. The van der Waals surface area contributed by atoms with E-state index in [9.17, 15) is 0 Å². The highest BCUT2D eigenvalue weighted by Gasteiger charge is 2.17. The van der Waals surface area contributed by atoms with Gasteiger partial charge in [-0.3, -0.25) is 0 Å². The SMILES string of the molecule is CNC(c1cccc(OC(C)C)c1)c1cc(Br)c(Br)s1. The number of hydrogen-bond donors (Lipinski definition) is 1. The molecule has 0 fully saturated rings. The summed E-state index contributed by atoms with van der Waals surface area (Å²) in [4.78, 5) is 1.26. The average Bonchev–Trinajstić information content (AvgIpc) is 2.70. The lowest BCUT2D eigenvalue weighted by atomic mass is 10.1. The maximum atomic E-state index is 5.77. The van der Waals surface area contributed by atoms with Gasteiger partial charge in [-0.2, -0.15) is 0 Å². The van der Waals surface area contributed by atoms with E-state index < -0.39 is 0 Å². The maximum absolute atomic E-state index is 5.77. The molecule has 2 nitrogen and oxygen atoms in total. The van der Waals surface area contributed by atoms with E-state index >= 15 is 0 Å². The Labute approximate surface area is 140 Å². The summed E-state index contributed by atoms with van der Waals surface area (Å²) in [6.07, 6.45) is 0.184. The first-order valence-electron chi connectivity index (χ1n) is 6.40. The smallest absolute Gasteiger partial charge is 0.120 e. The van der Waals surface area contributed by atoms with E-state index in [1.54, 1.807) is 11.3 Å².